The Hall–Kier alpha value is -3.17. The summed E-state index contributed by atoms with van der Waals surface area (Å²) in [5.41, 5.74) is 4.06. The molecule has 7 nitrogen and oxygen atoms in total. The highest BCUT2D eigenvalue weighted by molar-refractivity contribution is 7.98. The number of sulfone groups is 1. The van der Waals surface area contributed by atoms with Crippen LogP contribution < -0.4 is 0 Å². The summed E-state index contributed by atoms with van der Waals surface area (Å²) in [4.78, 5) is 0. The van der Waals surface area contributed by atoms with Gasteiger partial charge in [0.25, 0.3) is 0 Å². The highest BCUT2D eigenvalue weighted by atomic mass is 32.2. The van der Waals surface area contributed by atoms with Gasteiger partial charge in [-0.15, -0.1) is 16.8 Å². The maximum atomic E-state index is 12.0. The predicted molar refractivity (Wildman–Crippen MR) is 135 cm³/mol. The molecule has 0 saturated carbocycles. The van der Waals surface area contributed by atoms with Crippen LogP contribution in [0.4, 0.5) is 0 Å². The normalized spacial score (nSPS) is 17.1. The van der Waals surface area contributed by atoms with Crippen LogP contribution in [-0.2, 0) is 22.1 Å². The molecule has 9 heteroatoms. The molecule has 3 heterocycles. The summed E-state index contributed by atoms with van der Waals surface area (Å²) in [7, 11) is -3.01. The number of aromatic nitrogens is 5. The third kappa shape index (κ3) is 4.71. The lowest BCUT2D eigenvalue weighted by molar-refractivity contribution is 0.597. The summed E-state index contributed by atoms with van der Waals surface area (Å²) in [5, 5.41) is 14.4. The van der Waals surface area contributed by atoms with Gasteiger partial charge in [-0.1, -0.05) is 66.4 Å². The number of benzene rings is 2. The molecule has 0 bridgehead atoms. The summed E-state index contributed by atoms with van der Waals surface area (Å²) in [5.74, 6) is 1.60. The fourth-order valence-electron chi connectivity index (χ4n) is 4.22. The smallest absolute Gasteiger partial charge is 0.191 e. The van der Waals surface area contributed by atoms with Gasteiger partial charge in [0.05, 0.1) is 22.9 Å². The third-order valence-electron chi connectivity index (χ3n) is 5.87. The highest BCUT2D eigenvalue weighted by Gasteiger charge is 2.33. The standard InChI is InChI=1S/C25H25N5O2S2/c1-2-14-29-24(20-13-15-34(31,32)18-20)26-27-25(29)33-17-21-16-30(22-11-7-4-8-12-22)28-23(21)19-9-5-3-6-10-19/h2-12,16,20H,1,13-15,17-18H2. The molecule has 1 atom stereocenters. The van der Waals surface area contributed by atoms with Crippen LogP contribution in [0.2, 0.25) is 0 Å². The van der Waals surface area contributed by atoms with Crippen LogP contribution >= 0.6 is 11.8 Å². The molecule has 1 aliphatic heterocycles. The van der Waals surface area contributed by atoms with E-state index in [-0.39, 0.29) is 17.4 Å². The maximum absolute atomic E-state index is 12.0. The van der Waals surface area contributed by atoms with Crippen molar-refractivity contribution >= 4 is 21.6 Å². The van der Waals surface area contributed by atoms with E-state index in [0.717, 1.165) is 33.5 Å². The van der Waals surface area contributed by atoms with Gasteiger partial charge in [0, 0.05) is 35.5 Å². The third-order valence-corrected chi connectivity index (χ3v) is 8.65. The number of hydrogen-bond acceptors (Lipinski definition) is 6. The van der Waals surface area contributed by atoms with Crippen molar-refractivity contribution in [3.8, 4) is 16.9 Å². The molecule has 174 valence electrons. The van der Waals surface area contributed by atoms with Gasteiger partial charge in [0.2, 0.25) is 0 Å². The molecule has 2 aromatic carbocycles. The average molecular weight is 492 g/mol. The molecule has 5 rings (SSSR count). The fourth-order valence-corrected chi connectivity index (χ4v) is 6.88. The SMILES string of the molecule is C=CCn1c(SCc2cn(-c3ccccc3)nc2-c2ccccc2)nnc1C1CCS(=O)(=O)C1. The number of para-hydroxylation sites is 1. The minimum Gasteiger partial charge on any atom is -0.302 e. The van der Waals surface area contributed by atoms with Gasteiger partial charge in [-0.25, -0.2) is 13.1 Å². The molecule has 1 fully saturated rings. The van der Waals surface area contributed by atoms with Crippen LogP contribution in [0.15, 0.2) is 84.7 Å². The van der Waals surface area contributed by atoms with Crippen LogP contribution in [0.3, 0.4) is 0 Å². The van der Waals surface area contributed by atoms with Crippen molar-refractivity contribution in [1.82, 2.24) is 24.5 Å². The van der Waals surface area contributed by atoms with E-state index in [1.807, 2.05) is 57.8 Å². The first-order chi connectivity index (χ1) is 16.5. The second-order valence-electron chi connectivity index (χ2n) is 8.28. The van der Waals surface area contributed by atoms with Crippen LogP contribution in [0, 0.1) is 0 Å². The zero-order valence-corrected chi connectivity index (χ0v) is 20.3. The number of thioether (sulfide) groups is 1. The number of nitrogens with zero attached hydrogens (tertiary/aromatic N) is 5. The largest absolute Gasteiger partial charge is 0.302 e. The topological polar surface area (TPSA) is 82.7 Å². The van der Waals surface area contributed by atoms with Crippen molar-refractivity contribution in [3.05, 3.63) is 90.9 Å². The second kappa shape index (κ2) is 9.60. The van der Waals surface area contributed by atoms with E-state index in [1.54, 1.807) is 17.8 Å². The second-order valence-corrected chi connectivity index (χ2v) is 11.4. The Morgan fingerprint density at radius 2 is 1.79 bits per heavy atom. The molecule has 0 N–H and O–H groups in total. The minimum absolute atomic E-state index is 0.118. The van der Waals surface area contributed by atoms with Gasteiger partial charge in [0.1, 0.15) is 5.82 Å². The summed E-state index contributed by atoms with van der Waals surface area (Å²) < 4.78 is 27.9. The molecule has 0 aliphatic carbocycles. The molecule has 0 spiro atoms. The van der Waals surface area contributed by atoms with Crippen LogP contribution in [-0.4, -0.2) is 44.5 Å². The Morgan fingerprint density at radius 3 is 2.47 bits per heavy atom. The molecule has 1 saturated heterocycles. The Balaban J connectivity index is 1.45. The first-order valence-corrected chi connectivity index (χ1v) is 13.9. The summed E-state index contributed by atoms with van der Waals surface area (Å²) in [6, 6.07) is 20.2. The van der Waals surface area contributed by atoms with E-state index < -0.39 is 9.84 Å². The predicted octanol–water partition coefficient (Wildman–Crippen LogP) is 4.51. The lowest BCUT2D eigenvalue weighted by Gasteiger charge is -2.11. The Labute approximate surface area is 203 Å². The molecule has 0 radical (unpaired) electrons. The molecular formula is C25H25N5O2S2. The quantitative estimate of drug-likeness (QED) is 0.266. The molecule has 34 heavy (non-hydrogen) atoms. The van der Waals surface area contributed by atoms with E-state index in [1.165, 1.54) is 0 Å². The molecule has 1 unspecified atom stereocenters. The van der Waals surface area contributed by atoms with E-state index in [2.05, 4.69) is 35.1 Å². The van der Waals surface area contributed by atoms with E-state index >= 15 is 0 Å². The Kier molecular flexibility index (Phi) is 6.38. The zero-order chi connectivity index (χ0) is 23.5. The molecule has 1 aliphatic rings. The number of hydrogen-bond donors (Lipinski definition) is 0. The van der Waals surface area contributed by atoms with Crippen molar-refractivity contribution < 1.29 is 8.42 Å². The Bertz CT molecular complexity index is 1400. The van der Waals surface area contributed by atoms with Gasteiger partial charge in [-0.3, -0.25) is 0 Å². The first kappa shape index (κ1) is 22.6. The van der Waals surface area contributed by atoms with E-state index in [9.17, 15) is 8.42 Å². The zero-order valence-electron chi connectivity index (χ0n) is 18.6. The van der Waals surface area contributed by atoms with Crippen molar-refractivity contribution in [1.29, 1.82) is 0 Å². The van der Waals surface area contributed by atoms with Gasteiger partial charge >= 0.3 is 0 Å². The molecule has 0 amide bonds. The van der Waals surface area contributed by atoms with Crippen LogP contribution in [0.5, 0.6) is 0 Å². The van der Waals surface area contributed by atoms with Gasteiger partial charge in [0.15, 0.2) is 15.0 Å². The monoisotopic (exact) mass is 491 g/mol. The lowest BCUT2D eigenvalue weighted by Crippen LogP contribution is -2.11. The minimum atomic E-state index is -3.01. The fraction of sp³-hybridized carbons (Fsp3) is 0.240. The number of allylic oxidation sites excluding steroid dienone is 1. The van der Waals surface area contributed by atoms with Gasteiger partial charge in [-0.05, 0) is 18.6 Å². The lowest BCUT2D eigenvalue weighted by atomic mass is 10.1. The average Bonchev–Trinajstić information content (AvgIpc) is 3.56. The maximum Gasteiger partial charge on any atom is 0.191 e. The van der Waals surface area contributed by atoms with Crippen LogP contribution in [0.25, 0.3) is 16.9 Å². The van der Waals surface area contributed by atoms with E-state index in [0.29, 0.717) is 18.7 Å². The van der Waals surface area contributed by atoms with Crippen LogP contribution in [0.1, 0.15) is 23.7 Å². The number of rotatable bonds is 8. The summed E-state index contributed by atoms with van der Waals surface area (Å²) in [6.07, 6.45) is 4.44. The molecule has 4 aromatic rings. The van der Waals surface area contributed by atoms with Crippen molar-refractivity contribution in [2.24, 2.45) is 0 Å². The highest BCUT2D eigenvalue weighted by Crippen LogP contribution is 2.33. The molecular weight excluding hydrogens is 466 g/mol. The van der Waals surface area contributed by atoms with E-state index in [4.69, 9.17) is 5.10 Å². The summed E-state index contributed by atoms with van der Waals surface area (Å²) in [6.45, 7) is 4.40. The van der Waals surface area contributed by atoms with Crippen molar-refractivity contribution in [3.63, 3.8) is 0 Å². The first-order valence-electron chi connectivity index (χ1n) is 11.1. The molecule has 2 aromatic heterocycles. The van der Waals surface area contributed by atoms with Gasteiger partial charge < -0.3 is 4.57 Å². The van der Waals surface area contributed by atoms with Crippen molar-refractivity contribution in [2.75, 3.05) is 11.5 Å². The Morgan fingerprint density at radius 1 is 1.06 bits per heavy atom. The van der Waals surface area contributed by atoms with Crippen molar-refractivity contribution in [2.45, 2.75) is 29.8 Å². The van der Waals surface area contributed by atoms with Gasteiger partial charge in [-0.2, -0.15) is 5.10 Å². The summed E-state index contributed by atoms with van der Waals surface area (Å²) >= 11 is 1.58.